The molecule has 3 unspecified atom stereocenters. The predicted octanol–water partition coefficient (Wildman–Crippen LogP) is 5.36. The van der Waals surface area contributed by atoms with Crippen LogP contribution in [0.2, 0.25) is 0 Å². The maximum absolute atomic E-state index is 13.6. The summed E-state index contributed by atoms with van der Waals surface area (Å²) >= 11 is 0. The van der Waals surface area contributed by atoms with Crippen LogP contribution in [0, 0.1) is 23.7 Å². The molecule has 2 aliphatic rings. The number of carbonyl (C=O) groups excluding carboxylic acids is 1. The van der Waals surface area contributed by atoms with Gasteiger partial charge in [0.25, 0.3) is 0 Å². The highest BCUT2D eigenvalue weighted by molar-refractivity contribution is 6.07. The van der Waals surface area contributed by atoms with E-state index in [-0.39, 0.29) is 30.7 Å². The van der Waals surface area contributed by atoms with Crippen molar-refractivity contribution in [3.8, 4) is 0 Å². The molecule has 0 radical (unpaired) electrons. The number of hydrogen-bond acceptors (Lipinski definition) is 4. The van der Waals surface area contributed by atoms with E-state index in [4.69, 9.17) is 15.6 Å². The fourth-order valence-electron chi connectivity index (χ4n) is 4.85. The number of carbonyl (C=O) groups is 2. The van der Waals surface area contributed by atoms with E-state index in [0.29, 0.717) is 37.2 Å². The summed E-state index contributed by atoms with van der Waals surface area (Å²) in [6.45, 7) is 9.73. The molecule has 1 aliphatic heterocycles. The third-order valence-electron chi connectivity index (χ3n) is 7.43. The zero-order valence-corrected chi connectivity index (χ0v) is 24.0. The van der Waals surface area contributed by atoms with E-state index in [2.05, 4.69) is 49.0 Å². The number of nitrogens with two attached hydrogens (primary N) is 1. The van der Waals surface area contributed by atoms with Crippen LogP contribution in [0.3, 0.4) is 0 Å². The molecule has 0 aromatic heterocycles. The lowest BCUT2D eigenvalue weighted by Gasteiger charge is -2.25. The molecule has 1 fully saturated rings. The molecule has 0 bridgehead atoms. The first-order valence-electron chi connectivity index (χ1n) is 14.1. The number of aliphatic carboxylic acids is 1. The van der Waals surface area contributed by atoms with Crippen LogP contribution >= 0.6 is 0 Å². The first-order chi connectivity index (χ1) is 18.2. The Balaban J connectivity index is 2.11. The summed E-state index contributed by atoms with van der Waals surface area (Å²) < 4.78 is 5.76. The van der Waals surface area contributed by atoms with Gasteiger partial charge in [0.1, 0.15) is 17.6 Å². The van der Waals surface area contributed by atoms with E-state index in [1.54, 1.807) is 11.9 Å². The van der Waals surface area contributed by atoms with Gasteiger partial charge in [0.05, 0.1) is 13.2 Å². The van der Waals surface area contributed by atoms with Crippen molar-refractivity contribution in [1.82, 2.24) is 4.90 Å². The Morgan fingerprint density at radius 3 is 2.66 bits per heavy atom. The minimum Gasteiger partial charge on any atom is -0.481 e. The largest absolute Gasteiger partial charge is 0.481 e. The normalized spacial score (nSPS) is 21.1. The standard InChI is InChI=1S/C30H48N4O4/c1-6-23(19-28(35)36)14-13-22(4)24-10-8-11-25(16-15-24)34-17-18-38-20-26(30(34)37)29(31)33-27(32-5)12-7-9-21(2)3/h8,10,15-16,21-23,26H,6-7,9,11-14,17-20H2,1-5H3,(H,35,36)(H2,31,32,33). The Morgan fingerprint density at radius 1 is 1.24 bits per heavy atom. The Bertz CT molecular complexity index is 948. The number of carboxylic acids is 1. The van der Waals surface area contributed by atoms with Crippen molar-refractivity contribution >= 4 is 23.5 Å². The average Bonchev–Trinajstić information content (AvgIpc) is 3.23. The van der Waals surface area contributed by atoms with Gasteiger partial charge in [-0.2, -0.15) is 0 Å². The van der Waals surface area contributed by atoms with E-state index in [0.717, 1.165) is 44.2 Å². The van der Waals surface area contributed by atoms with Crippen LogP contribution in [-0.2, 0) is 14.3 Å². The molecule has 38 heavy (non-hydrogen) atoms. The lowest BCUT2D eigenvalue weighted by Crippen LogP contribution is -2.42. The van der Waals surface area contributed by atoms with Gasteiger partial charge in [0.2, 0.25) is 5.91 Å². The molecule has 1 saturated heterocycles. The highest BCUT2D eigenvalue weighted by atomic mass is 16.5. The molecule has 0 spiro atoms. The Morgan fingerprint density at radius 2 is 2.00 bits per heavy atom. The van der Waals surface area contributed by atoms with E-state index >= 15 is 0 Å². The van der Waals surface area contributed by atoms with Crippen LogP contribution in [0.4, 0.5) is 0 Å². The molecule has 3 N–H and O–H groups in total. The number of amidine groups is 2. The van der Waals surface area contributed by atoms with Crippen molar-refractivity contribution < 1.29 is 19.4 Å². The highest BCUT2D eigenvalue weighted by Crippen LogP contribution is 2.27. The van der Waals surface area contributed by atoms with Gasteiger partial charge in [-0.05, 0) is 48.7 Å². The molecule has 1 amide bonds. The van der Waals surface area contributed by atoms with Crippen molar-refractivity contribution in [2.24, 2.45) is 39.4 Å². The monoisotopic (exact) mass is 528 g/mol. The third kappa shape index (κ3) is 10.2. The maximum atomic E-state index is 13.6. The van der Waals surface area contributed by atoms with Crippen molar-refractivity contribution in [2.45, 2.75) is 79.1 Å². The summed E-state index contributed by atoms with van der Waals surface area (Å²) in [7, 11) is 1.71. The summed E-state index contributed by atoms with van der Waals surface area (Å²) in [5, 5.41) is 9.13. The molecule has 3 atom stereocenters. The SMILES string of the molecule is CCC(CCC(C)C1=CC=C(N2CCOCC(C(N)=NC(CCCC(C)C)=NC)C2=O)CC=C1)CC(=O)O. The molecule has 8 heteroatoms. The zero-order valence-electron chi connectivity index (χ0n) is 24.0. The van der Waals surface area contributed by atoms with Gasteiger partial charge in [0.15, 0.2) is 0 Å². The molecule has 1 aliphatic carbocycles. The van der Waals surface area contributed by atoms with E-state index in [1.165, 1.54) is 5.57 Å². The number of ether oxygens (including phenoxy) is 1. The molecular formula is C30H48N4O4. The van der Waals surface area contributed by atoms with Crippen molar-refractivity contribution in [2.75, 3.05) is 26.8 Å². The van der Waals surface area contributed by atoms with Gasteiger partial charge in [-0.3, -0.25) is 14.6 Å². The summed E-state index contributed by atoms with van der Waals surface area (Å²) in [5.74, 6) is 0.566. The van der Waals surface area contributed by atoms with Crippen LogP contribution in [0.5, 0.6) is 0 Å². The number of amides is 1. The van der Waals surface area contributed by atoms with Crippen molar-refractivity contribution in [3.05, 3.63) is 35.6 Å². The summed E-state index contributed by atoms with van der Waals surface area (Å²) in [6.07, 6.45) is 14.7. The molecule has 1 heterocycles. The number of rotatable bonds is 13. The van der Waals surface area contributed by atoms with Crippen molar-refractivity contribution in [3.63, 3.8) is 0 Å². The molecule has 0 aromatic carbocycles. The Kier molecular flexibility index (Phi) is 13.5. The zero-order chi connectivity index (χ0) is 28.1. The second-order valence-corrected chi connectivity index (χ2v) is 10.9. The minimum atomic E-state index is -0.731. The summed E-state index contributed by atoms with van der Waals surface area (Å²) in [6, 6.07) is 0. The summed E-state index contributed by atoms with van der Waals surface area (Å²) in [5.41, 5.74) is 8.46. The molecule has 2 rings (SSSR count). The summed E-state index contributed by atoms with van der Waals surface area (Å²) in [4.78, 5) is 35.3. The Labute approximate surface area is 228 Å². The fourth-order valence-corrected chi connectivity index (χ4v) is 4.85. The minimum absolute atomic E-state index is 0.0922. The number of aliphatic imine (C=N–C) groups is 2. The second-order valence-electron chi connectivity index (χ2n) is 10.9. The molecule has 212 valence electrons. The average molecular weight is 529 g/mol. The molecular weight excluding hydrogens is 480 g/mol. The van der Waals surface area contributed by atoms with Gasteiger partial charge in [-0.25, -0.2) is 4.99 Å². The number of allylic oxidation sites excluding steroid dienone is 5. The predicted molar refractivity (Wildman–Crippen MR) is 154 cm³/mol. The van der Waals surface area contributed by atoms with Crippen LogP contribution in [0.25, 0.3) is 0 Å². The van der Waals surface area contributed by atoms with Gasteiger partial charge >= 0.3 is 5.97 Å². The fraction of sp³-hybridized carbons (Fsp3) is 0.667. The van der Waals surface area contributed by atoms with Gasteiger partial charge < -0.3 is 20.5 Å². The van der Waals surface area contributed by atoms with E-state index in [9.17, 15) is 9.59 Å². The number of nitrogens with zero attached hydrogens (tertiary/aromatic N) is 3. The van der Waals surface area contributed by atoms with Gasteiger partial charge in [-0.15, -0.1) is 0 Å². The highest BCUT2D eigenvalue weighted by Gasteiger charge is 2.32. The Hall–Kier alpha value is -2.74. The van der Waals surface area contributed by atoms with Gasteiger partial charge in [0, 0.05) is 38.6 Å². The van der Waals surface area contributed by atoms with Gasteiger partial charge in [-0.1, -0.05) is 58.8 Å². The quantitative estimate of drug-likeness (QED) is 0.246. The first-order valence-corrected chi connectivity index (χ1v) is 14.1. The lowest BCUT2D eigenvalue weighted by atomic mass is 9.88. The number of hydrogen-bond donors (Lipinski definition) is 2. The lowest BCUT2D eigenvalue weighted by molar-refractivity contribution is -0.138. The molecule has 0 aromatic rings. The smallest absolute Gasteiger partial charge is 0.303 e. The third-order valence-corrected chi connectivity index (χ3v) is 7.43. The van der Waals surface area contributed by atoms with Crippen LogP contribution in [-0.4, -0.2) is 60.4 Å². The van der Waals surface area contributed by atoms with E-state index < -0.39 is 11.9 Å². The van der Waals surface area contributed by atoms with Crippen LogP contribution < -0.4 is 5.73 Å². The van der Waals surface area contributed by atoms with E-state index in [1.807, 2.05) is 13.0 Å². The first kappa shape index (κ1) is 31.5. The van der Waals surface area contributed by atoms with Crippen LogP contribution in [0.15, 0.2) is 45.6 Å². The van der Waals surface area contributed by atoms with Crippen LogP contribution in [0.1, 0.15) is 79.1 Å². The molecule has 0 saturated carbocycles. The number of carboxylic acid groups (broad SMARTS) is 1. The topological polar surface area (TPSA) is 118 Å². The van der Waals surface area contributed by atoms with Crippen molar-refractivity contribution in [1.29, 1.82) is 0 Å². The maximum Gasteiger partial charge on any atom is 0.303 e. The molecule has 8 nitrogen and oxygen atoms in total. The second kappa shape index (κ2) is 16.3.